The molecule has 3 N–H and O–H groups in total. The molecule has 0 unspecified atom stereocenters. The van der Waals surface area contributed by atoms with Crippen LogP contribution in [0.4, 0.5) is 5.82 Å². The van der Waals surface area contributed by atoms with Crippen LogP contribution in [0.25, 0.3) is 0 Å². The number of hydrogen-bond acceptors (Lipinski definition) is 4. The molecule has 0 atom stereocenters. The highest BCUT2D eigenvalue weighted by Crippen LogP contribution is 2.14. The summed E-state index contributed by atoms with van der Waals surface area (Å²) in [7, 11) is 0. The average Bonchev–Trinajstić information content (AvgIpc) is 1.80. The Balaban J connectivity index is 3.17. The van der Waals surface area contributed by atoms with Gasteiger partial charge in [0.25, 0.3) is 5.88 Å². The summed E-state index contributed by atoms with van der Waals surface area (Å²) in [5, 5.41) is 8.77. The van der Waals surface area contributed by atoms with Gasteiger partial charge in [-0.2, -0.15) is 0 Å². The highest BCUT2D eigenvalue weighted by molar-refractivity contribution is 9.10. The Morgan fingerprint density at radius 1 is 1.67 bits per heavy atom. The van der Waals surface area contributed by atoms with Crippen LogP contribution in [-0.4, -0.2) is 15.1 Å². The lowest BCUT2D eigenvalue weighted by Gasteiger charge is -1.93. The Labute approximate surface area is 59.9 Å². The molecule has 1 aromatic heterocycles. The van der Waals surface area contributed by atoms with Crippen LogP contribution in [0.5, 0.6) is 5.88 Å². The van der Waals surface area contributed by atoms with Gasteiger partial charge in [0.15, 0.2) is 5.82 Å². The van der Waals surface area contributed by atoms with Crippen molar-refractivity contribution in [2.24, 2.45) is 0 Å². The van der Waals surface area contributed by atoms with Gasteiger partial charge in [0, 0.05) is 0 Å². The Morgan fingerprint density at radius 3 is 2.78 bits per heavy atom. The van der Waals surface area contributed by atoms with Crippen molar-refractivity contribution in [3.63, 3.8) is 0 Å². The Kier molecular flexibility index (Phi) is 1.52. The third-order valence-electron chi connectivity index (χ3n) is 0.752. The van der Waals surface area contributed by atoms with E-state index in [0.29, 0.717) is 4.60 Å². The monoisotopic (exact) mass is 189 g/mol. The molecule has 5 heteroatoms. The number of hydrogen-bond donors (Lipinski definition) is 2. The first-order valence-corrected chi connectivity index (χ1v) is 2.96. The fourth-order valence-corrected chi connectivity index (χ4v) is 0.638. The van der Waals surface area contributed by atoms with E-state index in [9.17, 15) is 0 Å². The van der Waals surface area contributed by atoms with Gasteiger partial charge in [-0.05, 0) is 15.9 Å². The topological polar surface area (TPSA) is 72.0 Å². The zero-order chi connectivity index (χ0) is 6.85. The highest BCUT2D eigenvalue weighted by atomic mass is 79.9. The van der Waals surface area contributed by atoms with Crippen LogP contribution in [0.2, 0.25) is 0 Å². The number of nitrogen functional groups attached to an aromatic ring is 1. The van der Waals surface area contributed by atoms with Crippen LogP contribution in [-0.2, 0) is 0 Å². The number of nitrogens with zero attached hydrogens (tertiary/aromatic N) is 2. The third kappa shape index (κ3) is 1.29. The average molecular weight is 190 g/mol. The van der Waals surface area contributed by atoms with E-state index in [4.69, 9.17) is 10.8 Å². The van der Waals surface area contributed by atoms with Gasteiger partial charge in [0.1, 0.15) is 4.60 Å². The van der Waals surface area contributed by atoms with Gasteiger partial charge in [0.2, 0.25) is 0 Å². The predicted molar refractivity (Wildman–Crippen MR) is 35.8 cm³/mol. The van der Waals surface area contributed by atoms with E-state index in [2.05, 4.69) is 25.9 Å². The molecule has 1 heterocycles. The smallest absolute Gasteiger partial charge is 0.255 e. The quantitative estimate of drug-likeness (QED) is 0.625. The summed E-state index contributed by atoms with van der Waals surface area (Å²) in [6.07, 6.45) is 1.41. The lowest BCUT2D eigenvalue weighted by atomic mass is 10.6. The molecular weight excluding hydrogens is 186 g/mol. The molecule has 1 rings (SSSR count). The molecule has 0 aliphatic carbocycles. The Hall–Kier alpha value is -0.840. The Bertz CT molecular complexity index is 227. The fraction of sp³-hybridized carbons (Fsp3) is 0. The second-order valence-electron chi connectivity index (χ2n) is 1.40. The zero-order valence-electron chi connectivity index (χ0n) is 4.37. The summed E-state index contributed by atoms with van der Waals surface area (Å²) in [6.45, 7) is 0. The fourth-order valence-electron chi connectivity index (χ4n) is 0.368. The molecular formula is C4H4BrN3O. The normalized spacial score (nSPS) is 9.44. The first-order chi connectivity index (χ1) is 4.20. The summed E-state index contributed by atoms with van der Waals surface area (Å²) in [4.78, 5) is 7.15. The molecule has 0 amide bonds. The van der Waals surface area contributed by atoms with Crippen LogP contribution in [0.15, 0.2) is 10.8 Å². The van der Waals surface area contributed by atoms with Gasteiger partial charge in [0.05, 0.1) is 6.20 Å². The second kappa shape index (κ2) is 2.18. The van der Waals surface area contributed by atoms with Crippen LogP contribution < -0.4 is 5.73 Å². The zero-order valence-corrected chi connectivity index (χ0v) is 5.96. The molecule has 1 aromatic rings. The van der Waals surface area contributed by atoms with Crippen LogP contribution in [0.3, 0.4) is 0 Å². The van der Waals surface area contributed by atoms with Gasteiger partial charge in [-0.25, -0.2) is 9.97 Å². The van der Waals surface area contributed by atoms with Crippen LogP contribution in [0, 0.1) is 0 Å². The highest BCUT2D eigenvalue weighted by Gasteiger charge is 1.97. The van der Waals surface area contributed by atoms with Crippen molar-refractivity contribution in [1.29, 1.82) is 0 Å². The maximum Gasteiger partial charge on any atom is 0.255 e. The minimum absolute atomic E-state index is 0.0400. The lowest BCUT2D eigenvalue weighted by Crippen LogP contribution is -1.91. The van der Waals surface area contributed by atoms with Crippen molar-refractivity contribution in [2.75, 3.05) is 5.73 Å². The molecule has 0 aliphatic rings. The second-order valence-corrected chi connectivity index (χ2v) is 2.21. The molecule has 0 aromatic carbocycles. The molecule has 0 saturated heterocycles. The molecule has 9 heavy (non-hydrogen) atoms. The van der Waals surface area contributed by atoms with Crippen molar-refractivity contribution in [1.82, 2.24) is 9.97 Å². The minimum Gasteiger partial charge on any atom is -0.491 e. The molecule has 0 aliphatic heterocycles. The number of anilines is 1. The molecule has 0 spiro atoms. The standard InChI is InChI=1S/C4H4BrN3O/c5-2-1-7-3(6)4(9)8-2/h1H,(H2,6,7)(H,8,9). The van der Waals surface area contributed by atoms with Crippen molar-refractivity contribution in [3.05, 3.63) is 10.8 Å². The van der Waals surface area contributed by atoms with Crippen LogP contribution >= 0.6 is 15.9 Å². The molecule has 0 radical (unpaired) electrons. The number of halogens is 1. The maximum absolute atomic E-state index is 8.77. The largest absolute Gasteiger partial charge is 0.491 e. The van der Waals surface area contributed by atoms with E-state index in [1.807, 2.05) is 0 Å². The van der Waals surface area contributed by atoms with E-state index >= 15 is 0 Å². The molecule has 4 nitrogen and oxygen atoms in total. The summed E-state index contributed by atoms with van der Waals surface area (Å²) in [5.41, 5.74) is 5.14. The third-order valence-corrected chi connectivity index (χ3v) is 1.13. The SMILES string of the molecule is Nc1ncc(Br)nc1O. The van der Waals surface area contributed by atoms with Crippen molar-refractivity contribution < 1.29 is 5.11 Å². The summed E-state index contributed by atoms with van der Waals surface area (Å²) >= 11 is 3.01. The van der Waals surface area contributed by atoms with Crippen molar-refractivity contribution >= 4 is 21.7 Å². The van der Waals surface area contributed by atoms with Crippen molar-refractivity contribution in [3.8, 4) is 5.88 Å². The summed E-state index contributed by atoms with van der Waals surface area (Å²) in [6, 6.07) is 0. The van der Waals surface area contributed by atoms with E-state index in [1.54, 1.807) is 0 Å². The van der Waals surface area contributed by atoms with Gasteiger partial charge in [-0.1, -0.05) is 0 Å². The van der Waals surface area contributed by atoms with Gasteiger partial charge in [-0.15, -0.1) is 0 Å². The van der Waals surface area contributed by atoms with E-state index in [1.165, 1.54) is 6.20 Å². The van der Waals surface area contributed by atoms with Crippen molar-refractivity contribution in [2.45, 2.75) is 0 Å². The number of aromatic hydroxyl groups is 1. The lowest BCUT2D eigenvalue weighted by molar-refractivity contribution is 0.452. The van der Waals surface area contributed by atoms with Crippen LogP contribution in [0.1, 0.15) is 0 Å². The van der Waals surface area contributed by atoms with Gasteiger partial charge < -0.3 is 10.8 Å². The van der Waals surface area contributed by atoms with E-state index in [-0.39, 0.29) is 11.7 Å². The minimum atomic E-state index is -0.246. The summed E-state index contributed by atoms with van der Waals surface area (Å²) in [5.74, 6) is -0.206. The van der Waals surface area contributed by atoms with E-state index < -0.39 is 0 Å². The number of nitrogens with two attached hydrogens (primary N) is 1. The predicted octanol–water partition coefficient (Wildman–Crippen LogP) is 0.527. The Morgan fingerprint density at radius 2 is 2.33 bits per heavy atom. The number of rotatable bonds is 0. The summed E-state index contributed by atoms with van der Waals surface area (Å²) < 4.78 is 0.467. The molecule has 0 bridgehead atoms. The molecule has 0 fully saturated rings. The first-order valence-electron chi connectivity index (χ1n) is 2.17. The number of aromatic nitrogens is 2. The first kappa shape index (κ1) is 6.28. The molecule has 0 saturated carbocycles. The van der Waals surface area contributed by atoms with Gasteiger partial charge in [-0.3, -0.25) is 0 Å². The van der Waals surface area contributed by atoms with E-state index in [0.717, 1.165) is 0 Å². The van der Waals surface area contributed by atoms with Gasteiger partial charge >= 0.3 is 0 Å². The molecule has 48 valence electrons. The maximum atomic E-state index is 8.77.